The Morgan fingerprint density at radius 1 is 1.18 bits per heavy atom. The Morgan fingerprint density at radius 2 is 1.53 bits per heavy atom. The van der Waals surface area contributed by atoms with E-state index in [-0.39, 0.29) is 77.1 Å². The van der Waals surface area contributed by atoms with Crippen LogP contribution in [0, 0.1) is 64.0 Å². The van der Waals surface area contributed by atoms with Crippen LogP contribution in [-0.2, 0) is 4.74 Å². The monoisotopic (exact) mass is 369 g/mol. The maximum atomic E-state index is 10.2. The summed E-state index contributed by atoms with van der Waals surface area (Å²) in [5, 5.41) is 6.23. The van der Waals surface area contributed by atoms with Gasteiger partial charge in [0, 0.05) is 9.82 Å². The summed E-state index contributed by atoms with van der Waals surface area (Å²) in [6.45, 7) is -0.305. The van der Waals surface area contributed by atoms with Crippen molar-refractivity contribution in [2.24, 2.45) is 10.2 Å². The predicted molar refractivity (Wildman–Crippen MR) is 61.9 cm³/mol. The molecule has 0 aromatic rings. The third kappa shape index (κ3) is 21.2. The van der Waals surface area contributed by atoms with Crippen molar-refractivity contribution in [3.8, 4) is 0 Å². The van der Waals surface area contributed by atoms with Crippen molar-refractivity contribution in [3.05, 3.63) is 48.9 Å². The molecular formula is C7H15CeN7O2. The van der Waals surface area contributed by atoms with Gasteiger partial charge in [-0.15, -0.1) is 0 Å². The normalized spacial score (nSPS) is 8.00. The number of nitrogens with zero attached hydrogens (tertiary/aromatic N) is 6. The van der Waals surface area contributed by atoms with Crippen LogP contribution < -0.4 is 0 Å². The number of carbonyl (C=O) groups is 1. The van der Waals surface area contributed by atoms with Crippen molar-refractivity contribution < 1.29 is 51.3 Å². The van der Waals surface area contributed by atoms with Gasteiger partial charge in [0.15, 0.2) is 0 Å². The molecule has 0 bridgehead atoms. The second-order valence-corrected chi connectivity index (χ2v) is 1.85. The maximum Gasteiger partial charge on any atom is 4.00 e. The van der Waals surface area contributed by atoms with Crippen molar-refractivity contribution >= 4 is 6.09 Å². The molecule has 0 fully saturated rings. The van der Waals surface area contributed by atoms with E-state index >= 15 is 0 Å². The van der Waals surface area contributed by atoms with Crippen LogP contribution in [0.4, 0.5) is 4.79 Å². The molecule has 0 atom stereocenters. The second kappa shape index (κ2) is 20.7. The summed E-state index contributed by atoms with van der Waals surface area (Å²) in [5.41, 5.74) is 22.3. The van der Waals surface area contributed by atoms with E-state index in [1.54, 1.807) is 0 Å². The Balaban J connectivity index is -0.000000120. The summed E-state index contributed by atoms with van der Waals surface area (Å²) in [6.07, 6.45) is -2.12. The molecule has 0 spiro atoms. The van der Waals surface area contributed by atoms with Gasteiger partial charge in [0.05, 0.1) is 13.1 Å². The van der Waals surface area contributed by atoms with Gasteiger partial charge in [-0.2, -0.15) is 0 Å². The van der Waals surface area contributed by atoms with E-state index in [9.17, 15) is 4.79 Å². The number of rotatable bonds is 5. The van der Waals surface area contributed by atoms with Crippen LogP contribution in [0.25, 0.3) is 26.6 Å². The molecule has 0 aliphatic heterocycles. The van der Waals surface area contributed by atoms with E-state index in [1.807, 2.05) is 0 Å². The van der Waals surface area contributed by atoms with Crippen molar-refractivity contribution in [3.63, 3.8) is 0 Å². The smallest absolute Gasteiger partial charge is 0.632 e. The zero-order chi connectivity index (χ0) is 10.1. The van der Waals surface area contributed by atoms with Crippen LogP contribution in [0.15, 0.2) is 10.2 Å². The molecule has 0 saturated heterocycles. The second-order valence-electron chi connectivity index (χ2n) is 1.85. The molecule has 0 unspecified atom stereocenters. The van der Waals surface area contributed by atoms with Crippen molar-refractivity contribution in [1.29, 1.82) is 0 Å². The molecule has 17 heavy (non-hydrogen) atoms. The predicted octanol–water partition coefficient (Wildman–Crippen LogP) is 3.52. The van der Waals surface area contributed by atoms with E-state index in [4.69, 9.17) is 16.8 Å². The number of hydrogen-bond acceptors (Lipinski definition) is 4. The van der Waals surface area contributed by atoms with Crippen molar-refractivity contribution in [1.82, 2.24) is 0 Å². The molecule has 0 aliphatic rings. The summed E-state index contributed by atoms with van der Waals surface area (Å²) >= 11 is 0. The van der Waals surface area contributed by atoms with Gasteiger partial charge in [-0.05, 0) is 11.1 Å². The van der Waals surface area contributed by atoms with Gasteiger partial charge >= 0.3 is 41.7 Å². The van der Waals surface area contributed by atoms with E-state index in [0.29, 0.717) is 0 Å². The number of hydrogen-bond donors (Lipinski definition) is 0. The maximum absolute atomic E-state index is 10.2. The van der Waals surface area contributed by atoms with Crippen molar-refractivity contribution in [2.75, 3.05) is 13.1 Å². The zero-order valence-electron chi connectivity index (χ0n) is 9.99. The number of azide groups is 2. The van der Waals surface area contributed by atoms with Gasteiger partial charge in [-0.25, -0.2) is 0 Å². The molecule has 94 valence electrons. The first-order chi connectivity index (χ1) is 6.20. The molecule has 0 rings (SSSR count). The van der Waals surface area contributed by atoms with Gasteiger partial charge in [-0.3, -0.25) is 4.79 Å². The summed E-state index contributed by atoms with van der Waals surface area (Å²) < 4.78 is 4.35. The van der Waals surface area contributed by atoms with Crippen LogP contribution in [0.1, 0.15) is 0 Å². The molecule has 9 nitrogen and oxygen atoms in total. The Morgan fingerprint density at radius 3 is 1.76 bits per heavy atom. The average molecular weight is 369 g/mol. The molecule has 0 saturated carbocycles. The molecule has 0 heterocycles. The molecule has 0 aromatic carbocycles. The number of nitrogens with one attached hydrogen (secondary N) is 1. The van der Waals surface area contributed by atoms with Gasteiger partial charge in [-0.1, -0.05) is 10.2 Å². The molecule has 1 amide bonds. The Hall–Kier alpha value is -0.733. The van der Waals surface area contributed by atoms with E-state index in [0.717, 1.165) is 0 Å². The molecule has 0 aliphatic carbocycles. The minimum Gasteiger partial charge on any atom is -0.632 e. The molecule has 0 radical (unpaired) electrons. The molecule has 0 aromatic heterocycles. The fraction of sp³-hybridized carbons (Fsp3) is 0.429. The first-order valence-electron chi connectivity index (χ1n) is 3.14. The van der Waals surface area contributed by atoms with E-state index in [1.165, 1.54) is 0 Å². The SMILES string of the molecule is [CH3-].[CH3-].[CH3-].[Ce+4].[N-]=[N+]=NCC(CN=[N+]=[N-])OC([NH-])=O. The Labute approximate surface area is 135 Å². The summed E-state index contributed by atoms with van der Waals surface area (Å²) in [7, 11) is 0. The topological polar surface area (TPSA) is 148 Å². The fourth-order valence-electron chi connectivity index (χ4n) is 0.539. The van der Waals surface area contributed by atoms with Crippen LogP contribution >= 0.6 is 0 Å². The largest absolute Gasteiger partial charge is 4.00 e. The first-order valence-corrected chi connectivity index (χ1v) is 3.14. The van der Waals surface area contributed by atoms with Gasteiger partial charge in [0.1, 0.15) is 6.10 Å². The molecule has 10 heteroatoms. The quantitative estimate of drug-likeness (QED) is 0.315. The number of ether oxygens (including phenoxy) is 1. The minimum absolute atomic E-state index is 0. The fourth-order valence-corrected chi connectivity index (χ4v) is 0.539. The molecule has 1 N–H and O–H groups in total. The standard InChI is InChI=1S/C4H7N7O2.3CH3.Ce/c5-4(12)13-3(1-8-10-6)2-9-11-7;;;;/h3H,1-2H2,(H2,5,12);3*1H3;/q;3*-1;+4/p-1. The van der Waals surface area contributed by atoms with Crippen LogP contribution in [-0.4, -0.2) is 25.3 Å². The zero-order valence-corrected chi connectivity index (χ0v) is 13.1. The summed E-state index contributed by atoms with van der Waals surface area (Å²) in [6, 6.07) is 0. The molecular weight excluding hydrogens is 354 g/mol. The van der Waals surface area contributed by atoms with E-state index in [2.05, 4.69) is 24.8 Å². The van der Waals surface area contributed by atoms with Gasteiger partial charge in [0.2, 0.25) is 6.09 Å². The first kappa shape index (κ1) is 29.9. The van der Waals surface area contributed by atoms with E-state index < -0.39 is 12.2 Å². The number of amides is 1. The third-order valence-electron chi connectivity index (χ3n) is 0.971. The van der Waals surface area contributed by atoms with Gasteiger partial charge in [0.25, 0.3) is 0 Å². The summed E-state index contributed by atoms with van der Waals surface area (Å²) in [5.74, 6) is 0. The minimum atomic E-state index is -1.26. The third-order valence-corrected chi connectivity index (χ3v) is 0.971. The average Bonchev–Trinajstić information content (AvgIpc) is 2.09. The van der Waals surface area contributed by atoms with Crippen LogP contribution in [0.5, 0.6) is 0 Å². The number of carbonyl (C=O) groups excluding carboxylic acids is 1. The summed E-state index contributed by atoms with van der Waals surface area (Å²) in [4.78, 5) is 15.0. The van der Waals surface area contributed by atoms with Crippen LogP contribution in [0.3, 0.4) is 0 Å². The van der Waals surface area contributed by atoms with Crippen LogP contribution in [0.2, 0.25) is 0 Å². The Bertz CT molecular complexity index is 248. The van der Waals surface area contributed by atoms with Gasteiger partial charge < -0.3 is 32.8 Å². The van der Waals surface area contributed by atoms with Crippen molar-refractivity contribution in [2.45, 2.75) is 6.10 Å². The Kier molecular flexibility index (Phi) is 36.3.